The van der Waals surface area contributed by atoms with Gasteiger partial charge in [-0.3, -0.25) is 4.79 Å². The number of rotatable bonds is 11. The van der Waals surface area contributed by atoms with Crippen molar-refractivity contribution in [3.05, 3.63) is 64.7 Å². The summed E-state index contributed by atoms with van der Waals surface area (Å²) in [5.74, 6) is -0.343. The topological polar surface area (TPSA) is 96.2 Å². The fourth-order valence-electron chi connectivity index (χ4n) is 4.67. The van der Waals surface area contributed by atoms with Crippen molar-refractivity contribution in [3.63, 3.8) is 0 Å². The summed E-state index contributed by atoms with van der Waals surface area (Å²) in [5, 5.41) is 4.69. The van der Waals surface area contributed by atoms with E-state index < -0.39 is 6.10 Å². The molecule has 4 rings (SSSR count). The average molecular weight is 508 g/mol. The molecule has 8 heteroatoms. The second kappa shape index (κ2) is 11.5. The number of hydrogen-bond acceptors (Lipinski definition) is 4. The molecule has 2 aromatic heterocycles. The van der Waals surface area contributed by atoms with Gasteiger partial charge in [0.15, 0.2) is 6.10 Å². The number of ether oxygens (including phenoxy) is 2. The summed E-state index contributed by atoms with van der Waals surface area (Å²) in [6, 6.07) is 10.5. The zero-order valence-corrected chi connectivity index (χ0v) is 21.8. The van der Waals surface area contributed by atoms with Crippen LogP contribution in [0, 0.1) is 19.7 Å². The fourth-order valence-corrected chi connectivity index (χ4v) is 4.67. The molecule has 196 valence electrons. The van der Waals surface area contributed by atoms with Gasteiger partial charge in [0, 0.05) is 34.6 Å². The highest BCUT2D eigenvalue weighted by atomic mass is 19.1. The molecule has 0 radical (unpaired) electrons. The molecule has 0 saturated heterocycles. The summed E-state index contributed by atoms with van der Waals surface area (Å²) in [5.41, 5.74) is 4.57. The normalized spacial score (nSPS) is 12.1. The summed E-state index contributed by atoms with van der Waals surface area (Å²) < 4.78 is 25.3. The first-order valence-corrected chi connectivity index (χ1v) is 12.8. The van der Waals surface area contributed by atoms with Gasteiger partial charge in [0.05, 0.1) is 12.1 Å². The van der Waals surface area contributed by atoms with Crippen LogP contribution in [-0.4, -0.2) is 41.1 Å². The van der Waals surface area contributed by atoms with E-state index in [0.717, 1.165) is 46.0 Å². The zero-order chi connectivity index (χ0) is 26.5. The van der Waals surface area contributed by atoms with Crippen LogP contribution in [0.2, 0.25) is 0 Å². The molecule has 2 heterocycles. The number of nitrogens with one attached hydrogen (secondary N) is 3. The Morgan fingerprint density at radius 3 is 2.65 bits per heavy atom. The largest absolute Gasteiger partial charge is 0.479 e. The Balaban J connectivity index is 1.43. The second-order valence-electron chi connectivity index (χ2n) is 9.28. The molecule has 0 fully saturated rings. The molecule has 37 heavy (non-hydrogen) atoms. The number of halogens is 1. The van der Waals surface area contributed by atoms with Crippen LogP contribution in [0.1, 0.15) is 60.4 Å². The summed E-state index contributed by atoms with van der Waals surface area (Å²) in [7, 11) is 0. The Labute approximate surface area is 215 Å². The first-order valence-electron chi connectivity index (χ1n) is 12.8. The number of H-pyrrole nitrogens is 2. The smallest absolute Gasteiger partial charge is 0.347 e. The minimum Gasteiger partial charge on any atom is -0.479 e. The Hall–Kier alpha value is -3.81. The van der Waals surface area contributed by atoms with Crippen molar-refractivity contribution in [2.24, 2.45) is 0 Å². The Morgan fingerprint density at radius 2 is 1.89 bits per heavy atom. The summed E-state index contributed by atoms with van der Waals surface area (Å²) >= 11 is 0. The van der Waals surface area contributed by atoms with Gasteiger partial charge in [-0.1, -0.05) is 19.4 Å². The zero-order valence-electron chi connectivity index (χ0n) is 21.8. The number of aromatic amines is 2. The van der Waals surface area contributed by atoms with Crippen LogP contribution in [0.4, 0.5) is 4.39 Å². The lowest BCUT2D eigenvalue weighted by atomic mass is 10.0. The van der Waals surface area contributed by atoms with Crippen molar-refractivity contribution in [3.8, 4) is 5.75 Å². The minimum atomic E-state index is -0.667. The van der Waals surface area contributed by atoms with Crippen LogP contribution < -0.4 is 10.1 Å². The first-order chi connectivity index (χ1) is 17.8. The van der Waals surface area contributed by atoms with Crippen LogP contribution in [-0.2, 0) is 16.0 Å². The molecule has 2 aromatic carbocycles. The number of aryl methyl sites for hydroxylation is 2. The lowest BCUT2D eigenvalue weighted by molar-refractivity contribution is -0.151. The Morgan fingerprint density at radius 1 is 1.08 bits per heavy atom. The third-order valence-electron chi connectivity index (χ3n) is 6.58. The van der Waals surface area contributed by atoms with Crippen molar-refractivity contribution in [1.29, 1.82) is 0 Å². The summed E-state index contributed by atoms with van der Waals surface area (Å²) in [4.78, 5) is 31.4. The third kappa shape index (κ3) is 5.79. The van der Waals surface area contributed by atoms with Gasteiger partial charge >= 0.3 is 5.97 Å². The van der Waals surface area contributed by atoms with E-state index in [1.54, 1.807) is 31.2 Å². The van der Waals surface area contributed by atoms with Gasteiger partial charge in [-0.05, 0) is 75.4 Å². The predicted octanol–water partition coefficient (Wildman–Crippen LogP) is 5.88. The third-order valence-corrected chi connectivity index (χ3v) is 6.58. The van der Waals surface area contributed by atoms with Crippen LogP contribution in [0.25, 0.3) is 21.8 Å². The van der Waals surface area contributed by atoms with E-state index in [2.05, 4.69) is 22.2 Å². The van der Waals surface area contributed by atoms with Crippen molar-refractivity contribution >= 4 is 33.7 Å². The van der Waals surface area contributed by atoms with Crippen molar-refractivity contribution in [2.75, 3.05) is 13.2 Å². The molecule has 0 aliphatic carbocycles. The number of aromatic nitrogens is 2. The van der Waals surface area contributed by atoms with Gasteiger partial charge in [0.25, 0.3) is 5.91 Å². The highest BCUT2D eigenvalue weighted by molar-refractivity contribution is 5.98. The van der Waals surface area contributed by atoms with E-state index in [1.807, 2.05) is 19.9 Å². The molecule has 4 aromatic rings. The minimum absolute atomic E-state index is 0.230. The Bertz CT molecular complexity index is 1420. The lowest BCUT2D eigenvalue weighted by Gasteiger charge is -2.17. The molecule has 1 amide bonds. The van der Waals surface area contributed by atoms with Crippen LogP contribution in [0.3, 0.4) is 0 Å². The van der Waals surface area contributed by atoms with Gasteiger partial charge in [-0.15, -0.1) is 0 Å². The van der Waals surface area contributed by atoms with Crippen LogP contribution >= 0.6 is 0 Å². The number of carbonyl (C=O) groups excluding carboxylic acids is 2. The van der Waals surface area contributed by atoms with Gasteiger partial charge in [0.1, 0.15) is 17.3 Å². The maximum atomic E-state index is 14.2. The predicted molar refractivity (Wildman–Crippen MR) is 143 cm³/mol. The van der Waals surface area contributed by atoms with Crippen molar-refractivity contribution in [2.45, 2.75) is 59.5 Å². The molecule has 1 atom stereocenters. The molecular weight excluding hydrogens is 473 g/mol. The number of hydrogen-bond donors (Lipinski definition) is 3. The number of amides is 1. The molecule has 0 bridgehead atoms. The molecule has 7 nitrogen and oxygen atoms in total. The number of unbranched alkanes of at least 4 members (excludes halogenated alkanes) is 1. The first kappa shape index (κ1) is 26.3. The SMILES string of the molecule is CCCCC(Oc1ccc2cc(C(=O)NCCc3c(C)[nH]c4c(F)ccc(C)c34)[nH]c2c1)C(=O)OCC. The Kier molecular flexibility index (Phi) is 8.16. The van der Waals surface area contributed by atoms with E-state index in [-0.39, 0.29) is 17.7 Å². The van der Waals surface area contributed by atoms with Crippen LogP contribution in [0.15, 0.2) is 36.4 Å². The lowest BCUT2D eigenvalue weighted by Crippen LogP contribution is -2.29. The molecule has 0 aliphatic rings. The molecule has 0 aliphatic heterocycles. The number of esters is 1. The maximum absolute atomic E-state index is 14.2. The van der Waals surface area contributed by atoms with E-state index in [4.69, 9.17) is 9.47 Å². The van der Waals surface area contributed by atoms with Crippen molar-refractivity contribution in [1.82, 2.24) is 15.3 Å². The summed E-state index contributed by atoms with van der Waals surface area (Å²) in [6.45, 7) is 8.41. The fraction of sp³-hybridized carbons (Fsp3) is 0.379. The van der Waals surface area contributed by atoms with Crippen molar-refractivity contribution < 1.29 is 23.5 Å². The standard InChI is InChI=1S/C29H34FN3O4/c1-5-7-8-25(29(35)36-6-2)37-20-11-10-19-15-24(33-23(19)16-20)28(34)31-14-13-21-18(4)32-27-22(30)12-9-17(3)26(21)27/h9-12,15-16,25,32-33H,5-8,13-14H2,1-4H3,(H,31,34). The second-order valence-corrected chi connectivity index (χ2v) is 9.28. The van der Waals surface area contributed by atoms with E-state index in [1.165, 1.54) is 6.07 Å². The van der Waals surface area contributed by atoms with E-state index in [0.29, 0.717) is 43.0 Å². The molecular formula is C29H34FN3O4. The van der Waals surface area contributed by atoms with Gasteiger partial charge in [0.2, 0.25) is 0 Å². The number of carbonyl (C=O) groups is 2. The molecule has 1 unspecified atom stereocenters. The van der Waals surface area contributed by atoms with Crippen LogP contribution in [0.5, 0.6) is 5.75 Å². The average Bonchev–Trinajstić information content (AvgIpc) is 3.45. The number of fused-ring (bicyclic) bond motifs is 2. The van der Waals surface area contributed by atoms with E-state index in [9.17, 15) is 14.0 Å². The quantitative estimate of drug-likeness (QED) is 0.221. The highest BCUT2D eigenvalue weighted by Gasteiger charge is 2.22. The summed E-state index contributed by atoms with van der Waals surface area (Å²) in [6.07, 6.45) is 2.29. The van der Waals surface area contributed by atoms with Gasteiger partial charge in [-0.2, -0.15) is 0 Å². The highest BCUT2D eigenvalue weighted by Crippen LogP contribution is 2.28. The molecule has 3 N–H and O–H groups in total. The maximum Gasteiger partial charge on any atom is 0.347 e. The van der Waals surface area contributed by atoms with Gasteiger partial charge in [-0.25, -0.2) is 9.18 Å². The number of benzene rings is 2. The van der Waals surface area contributed by atoms with E-state index >= 15 is 0 Å². The molecule has 0 spiro atoms. The molecule has 0 saturated carbocycles. The monoisotopic (exact) mass is 507 g/mol. The van der Waals surface area contributed by atoms with Gasteiger partial charge < -0.3 is 24.8 Å².